The van der Waals surface area contributed by atoms with E-state index in [1.165, 1.54) is 0 Å². The lowest BCUT2D eigenvalue weighted by molar-refractivity contribution is -0.385. The Labute approximate surface area is 112 Å². The molecule has 6 nitrogen and oxygen atoms in total. The Morgan fingerprint density at radius 1 is 1.47 bits per heavy atom. The fraction of sp³-hybridized carbons (Fsp3) is 0.538. The lowest BCUT2D eigenvalue weighted by atomic mass is 10.1. The molecule has 6 heteroatoms. The fourth-order valence-corrected chi connectivity index (χ4v) is 1.51. The standard InChI is InChI=1S/C13H20N2O4/c1-9(2)19-11-7-5-6-10(12(11)15(17)18)14-8-13(3,4)16/h5-7,9,14,16H,8H2,1-4H3. The van der Waals surface area contributed by atoms with Crippen LogP contribution in [0.4, 0.5) is 11.4 Å². The van der Waals surface area contributed by atoms with Crippen molar-refractivity contribution in [1.82, 2.24) is 0 Å². The number of rotatable bonds is 6. The van der Waals surface area contributed by atoms with E-state index in [2.05, 4.69) is 5.32 Å². The van der Waals surface area contributed by atoms with Crippen LogP contribution in [0.2, 0.25) is 0 Å². The van der Waals surface area contributed by atoms with Gasteiger partial charge in [-0.25, -0.2) is 0 Å². The highest BCUT2D eigenvalue weighted by molar-refractivity contribution is 5.68. The Balaban J connectivity index is 3.06. The van der Waals surface area contributed by atoms with Crippen LogP contribution in [0.25, 0.3) is 0 Å². The third-order valence-electron chi connectivity index (χ3n) is 2.26. The van der Waals surface area contributed by atoms with Crippen molar-refractivity contribution in [2.45, 2.75) is 39.4 Å². The maximum Gasteiger partial charge on any atom is 0.333 e. The van der Waals surface area contributed by atoms with Crippen LogP contribution in [0.1, 0.15) is 27.7 Å². The number of nitrogens with zero attached hydrogens (tertiary/aromatic N) is 1. The minimum atomic E-state index is -0.956. The van der Waals surface area contributed by atoms with Gasteiger partial charge in [0.1, 0.15) is 5.69 Å². The van der Waals surface area contributed by atoms with Gasteiger partial charge >= 0.3 is 5.69 Å². The molecule has 0 unspecified atom stereocenters. The first-order valence-electron chi connectivity index (χ1n) is 6.11. The summed E-state index contributed by atoms with van der Waals surface area (Å²) in [6, 6.07) is 4.84. The second-order valence-corrected chi connectivity index (χ2v) is 5.24. The van der Waals surface area contributed by atoms with Gasteiger partial charge in [-0.2, -0.15) is 0 Å². The number of hydrogen-bond acceptors (Lipinski definition) is 5. The zero-order valence-corrected chi connectivity index (χ0v) is 11.6. The van der Waals surface area contributed by atoms with E-state index in [0.29, 0.717) is 5.69 Å². The van der Waals surface area contributed by atoms with E-state index in [9.17, 15) is 15.2 Å². The van der Waals surface area contributed by atoms with Crippen molar-refractivity contribution < 1.29 is 14.8 Å². The first-order valence-corrected chi connectivity index (χ1v) is 6.11. The van der Waals surface area contributed by atoms with Gasteiger partial charge in [-0.05, 0) is 39.8 Å². The van der Waals surface area contributed by atoms with E-state index in [4.69, 9.17) is 4.74 Å². The number of benzene rings is 1. The van der Waals surface area contributed by atoms with Gasteiger partial charge in [0.25, 0.3) is 0 Å². The maximum atomic E-state index is 11.2. The molecule has 0 aliphatic heterocycles. The van der Waals surface area contributed by atoms with Gasteiger partial charge in [-0.3, -0.25) is 10.1 Å². The molecule has 1 aromatic carbocycles. The molecule has 0 saturated heterocycles. The summed E-state index contributed by atoms with van der Waals surface area (Å²) in [5, 5.41) is 23.7. The summed E-state index contributed by atoms with van der Waals surface area (Å²) in [5.41, 5.74) is -0.728. The van der Waals surface area contributed by atoms with Crippen LogP contribution in [0.5, 0.6) is 5.75 Å². The molecule has 0 aliphatic rings. The molecule has 0 atom stereocenters. The second-order valence-electron chi connectivity index (χ2n) is 5.24. The number of hydrogen-bond donors (Lipinski definition) is 2. The molecule has 0 heterocycles. The molecular weight excluding hydrogens is 248 g/mol. The second kappa shape index (κ2) is 5.88. The van der Waals surface area contributed by atoms with E-state index < -0.39 is 10.5 Å². The third-order valence-corrected chi connectivity index (χ3v) is 2.26. The van der Waals surface area contributed by atoms with Gasteiger partial charge in [-0.1, -0.05) is 6.07 Å². The summed E-state index contributed by atoms with van der Waals surface area (Å²) in [5.74, 6) is 0.223. The Morgan fingerprint density at radius 2 is 2.11 bits per heavy atom. The van der Waals surface area contributed by atoms with E-state index >= 15 is 0 Å². The van der Waals surface area contributed by atoms with Gasteiger partial charge in [0.05, 0.1) is 16.6 Å². The summed E-state index contributed by atoms with van der Waals surface area (Å²) in [6.45, 7) is 7.07. The highest BCUT2D eigenvalue weighted by atomic mass is 16.6. The average molecular weight is 268 g/mol. The van der Waals surface area contributed by atoms with Crippen molar-refractivity contribution in [2.75, 3.05) is 11.9 Å². The van der Waals surface area contributed by atoms with Gasteiger partial charge in [0.2, 0.25) is 0 Å². The van der Waals surface area contributed by atoms with E-state index in [1.54, 1.807) is 45.9 Å². The first-order chi connectivity index (χ1) is 8.70. The monoisotopic (exact) mass is 268 g/mol. The number of anilines is 1. The number of aliphatic hydroxyl groups is 1. The molecule has 0 aromatic heterocycles. The third kappa shape index (κ3) is 4.75. The molecule has 0 aliphatic carbocycles. The molecule has 0 bridgehead atoms. The molecule has 1 rings (SSSR count). The van der Waals surface area contributed by atoms with Crippen molar-refractivity contribution in [2.24, 2.45) is 0 Å². The molecule has 2 N–H and O–H groups in total. The van der Waals surface area contributed by atoms with Crippen LogP contribution in [-0.2, 0) is 0 Å². The summed E-state index contributed by atoms with van der Waals surface area (Å²) in [6.07, 6.45) is -0.150. The molecule has 0 amide bonds. The van der Waals surface area contributed by atoms with E-state index in [0.717, 1.165) is 0 Å². The Bertz CT molecular complexity index is 452. The molecule has 0 radical (unpaired) electrons. The maximum absolute atomic E-state index is 11.2. The van der Waals surface area contributed by atoms with Crippen molar-refractivity contribution in [3.8, 4) is 5.75 Å². The van der Waals surface area contributed by atoms with E-state index in [-0.39, 0.29) is 24.1 Å². The SMILES string of the molecule is CC(C)Oc1cccc(NCC(C)(C)O)c1[N+](=O)[O-]. The smallest absolute Gasteiger partial charge is 0.333 e. The number of nitro benzene ring substituents is 1. The average Bonchev–Trinajstić information content (AvgIpc) is 2.24. The first kappa shape index (κ1) is 15.2. The number of ether oxygens (including phenoxy) is 1. The van der Waals surface area contributed by atoms with Gasteiger partial charge in [0, 0.05) is 6.54 Å². The highest BCUT2D eigenvalue weighted by Gasteiger charge is 2.23. The molecule has 19 heavy (non-hydrogen) atoms. The van der Waals surface area contributed by atoms with E-state index in [1.807, 2.05) is 0 Å². The topological polar surface area (TPSA) is 84.6 Å². The summed E-state index contributed by atoms with van der Waals surface area (Å²) in [7, 11) is 0. The number of para-hydroxylation sites is 1. The lowest BCUT2D eigenvalue weighted by Gasteiger charge is -2.19. The minimum absolute atomic E-state index is 0.111. The van der Waals surface area contributed by atoms with Gasteiger partial charge in [0.15, 0.2) is 5.75 Å². The van der Waals surface area contributed by atoms with Crippen LogP contribution in [0.15, 0.2) is 18.2 Å². The molecule has 0 spiro atoms. The Morgan fingerprint density at radius 3 is 2.58 bits per heavy atom. The van der Waals surface area contributed by atoms with Gasteiger partial charge < -0.3 is 15.2 Å². The Hall–Kier alpha value is -1.82. The zero-order valence-electron chi connectivity index (χ0n) is 11.6. The molecular formula is C13H20N2O4. The normalized spacial score (nSPS) is 11.5. The molecule has 106 valence electrons. The van der Waals surface area contributed by atoms with Crippen LogP contribution in [0.3, 0.4) is 0 Å². The summed E-state index contributed by atoms with van der Waals surface area (Å²) in [4.78, 5) is 10.7. The molecule has 0 fully saturated rings. The van der Waals surface area contributed by atoms with Crippen molar-refractivity contribution in [1.29, 1.82) is 0 Å². The lowest BCUT2D eigenvalue weighted by Crippen LogP contribution is -2.29. The van der Waals surface area contributed by atoms with Gasteiger partial charge in [-0.15, -0.1) is 0 Å². The molecule has 0 saturated carbocycles. The number of nitrogens with one attached hydrogen (secondary N) is 1. The predicted octanol–water partition coefficient (Wildman–Crippen LogP) is 2.56. The van der Waals surface area contributed by atoms with Crippen LogP contribution in [-0.4, -0.2) is 28.3 Å². The van der Waals surface area contributed by atoms with Crippen molar-refractivity contribution in [3.63, 3.8) is 0 Å². The van der Waals surface area contributed by atoms with Crippen LogP contribution in [0, 0.1) is 10.1 Å². The zero-order chi connectivity index (χ0) is 14.6. The molecule has 1 aromatic rings. The predicted molar refractivity (Wildman–Crippen MR) is 73.6 cm³/mol. The Kier molecular flexibility index (Phi) is 4.72. The fourth-order valence-electron chi connectivity index (χ4n) is 1.51. The van der Waals surface area contributed by atoms with Crippen LogP contribution < -0.4 is 10.1 Å². The quantitative estimate of drug-likeness (QED) is 0.612. The largest absolute Gasteiger partial charge is 0.484 e. The van der Waals surface area contributed by atoms with Crippen LogP contribution >= 0.6 is 0 Å². The summed E-state index contributed by atoms with van der Waals surface area (Å²) < 4.78 is 5.44. The van der Waals surface area contributed by atoms with Crippen molar-refractivity contribution in [3.05, 3.63) is 28.3 Å². The van der Waals surface area contributed by atoms with Crippen molar-refractivity contribution >= 4 is 11.4 Å². The number of nitro groups is 1. The minimum Gasteiger partial charge on any atom is -0.484 e. The highest BCUT2D eigenvalue weighted by Crippen LogP contribution is 2.35. The summed E-state index contributed by atoms with van der Waals surface area (Å²) >= 11 is 0.